The largest absolute Gasteiger partial charge is 0.573 e. The third-order valence-electron chi connectivity index (χ3n) is 6.79. The fraction of sp³-hybridized carbons (Fsp3) is 0.286. The van der Waals surface area contributed by atoms with E-state index in [1.54, 1.807) is 18.3 Å². The van der Waals surface area contributed by atoms with Gasteiger partial charge >= 0.3 is 12.3 Å². The zero-order valence-corrected chi connectivity index (χ0v) is 23.2. The Morgan fingerprint density at radius 1 is 1.19 bits per heavy atom. The molecule has 2 aliphatic rings. The number of ether oxygens (including phenoxy) is 1. The molecule has 5 rings (SSSR count). The minimum Gasteiger partial charge on any atom is -0.478 e. The number of aromatic nitrogens is 3. The molecule has 2 aromatic heterocycles. The van der Waals surface area contributed by atoms with E-state index in [0.29, 0.717) is 49.3 Å². The molecule has 43 heavy (non-hydrogen) atoms. The smallest absolute Gasteiger partial charge is 0.478 e. The highest BCUT2D eigenvalue weighted by Gasteiger charge is 2.33. The van der Waals surface area contributed by atoms with E-state index in [9.17, 15) is 32.7 Å². The number of alkyl halides is 3. The molecule has 11 nitrogen and oxygen atoms in total. The molecule has 0 unspecified atom stereocenters. The summed E-state index contributed by atoms with van der Waals surface area (Å²) in [5, 5.41) is 14.9. The average Bonchev–Trinajstić information content (AvgIpc) is 3.29. The van der Waals surface area contributed by atoms with Gasteiger partial charge in [0, 0.05) is 37.6 Å². The number of aromatic carboxylic acids is 1. The maximum absolute atomic E-state index is 12.9. The first-order chi connectivity index (χ1) is 20.6. The number of carboxylic acids is 1. The van der Waals surface area contributed by atoms with Gasteiger partial charge in [0.05, 0.1) is 21.9 Å². The van der Waals surface area contributed by atoms with Crippen LogP contribution in [-0.2, 0) is 11.3 Å². The number of nitrogens with one attached hydrogen (secondary N) is 2. The van der Waals surface area contributed by atoms with Crippen LogP contribution in [-0.4, -0.2) is 63.2 Å². The van der Waals surface area contributed by atoms with Gasteiger partial charge < -0.3 is 20.1 Å². The number of hydrogen-bond donors (Lipinski definition) is 3. The van der Waals surface area contributed by atoms with Gasteiger partial charge in [-0.2, -0.15) is 0 Å². The van der Waals surface area contributed by atoms with Crippen LogP contribution in [0.2, 0.25) is 0 Å². The number of rotatable bonds is 9. The molecule has 0 bridgehead atoms. The molecule has 2 amide bonds. The first-order valence-corrected chi connectivity index (χ1v) is 14.0. The first kappa shape index (κ1) is 30.0. The second-order valence-corrected chi connectivity index (χ2v) is 10.8. The third-order valence-corrected chi connectivity index (χ3v) is 7.60. The second kappa shape index (κ2) is 12.8. The lowest BCUT2D eigenvalue weighted by Gasteiger charge is -2.32. The normalized spacial score (nSPS) is 16.9. The van der Waals surface area contributed by atoms with E-state index in [-0.39, 0.29) is 21.7 Å². The number of hydrogen-bond acceptors (Lipinski definition) is 10. The van der Waals surface area contributed by atoms with Gasteiger partial charge in [-0.15, -0.1) is 13.2 Å². The van der Waals surface area contributed by atoms with E-state index in [2.05, 4.69) is 30.3 Å². The van der Waals surface area contributed by atoms with Crippen molar-refractivity contribution in [1.29, 1.82) is 0 Å². The quantitative estimate of drug-likeness (QED) is 0.294. The van der Waals surface area contributed by atoms with E-state index in [0.717, 1.165) is 30.7 Å². The number of carbonyl (C=O) groups is 3. The molecule has 0 spiro atoms. The minimum atomic E-state index is -4.94. The van der Waals surface area contributed by atoms with Gasteiger partial charge in [-0.3, -0.25) is 19.9 Å². The van der Waals surface area contributed by atoms with Gasteiger partial charge in [0.1, 0.15) is 5.75 Å². The second-order valence-electron chi connectivity index (χ2n) is 9.78. The minimum absolute atomic E-state index is 0.0762. The monoisotopic (exact) mass is 614 g/mol. The molecule has 2 saturated heterocycles. The molecule has 0 aliphatic carbocycles. The van der Waals surface area contributed by atoms with Crippen molar-refractivity contribution in [2.75, 3.05) is 24.5 Å². The molecule has 0 radical (unpaired) electrons. The fourth-order valence-electron chi connectivity index (χ4n) is 4.77. The Labute approximate surface area is 247 Å². The van der Waals surface area contributed by atoms with Crippen molar-refractivity contribution in [2.45, 2.75) is 25.7 Å². The van der Waals surface area contributed by atoms with Gasteiger partial charge in [0.25, 0.3) is 11.1 Å². The van der Waals surface area contributed by atoms with Crippen molar-refractivity contribution >= 4 is 40.9 Å². The predicted molar refractivity (Wildman–Crippen MR) is 151 cm³/mol. The third kappa shape index (κ3) is 7.67. The summed E-state index contributed by atoms with van der Waals surface area (Å²) in [7, 11) is 0. The summed E-state index contributed by atoms with van der Waals surface area (Å²) < 4.78 is 42.7. The Hall–Kier alpha value is -4.50. The Morgan fingerprint density at radius 2 is 1.95 bits per heavy atom. The molecular formula is C28H25F3N6O5S. The Bertz CT molecular complexity index is 1580. The fourth-order valence-corrected chi connectivity index (χ4v) is 5.43. The Balaban J connectivity index is 1.16. The molecule has 2 aliphatic heterocycles. The number of piperidine rings is 1. The van der Waals surface area contributed by atoms with Gasteiger partial charge in [0.2, 0.25) is 5.95 Å². The number of carbonyl (C=O) groups excluding carboxylic acids is 2. The van der Waals surface area contributed by atoms with E-state index in [1.807, 2.05) is 4.90 Å². The van der Waals surface area contributed by atoms with E-state index >= 15 is 0 Å². The summed E-state index contributed by atoms with van der Waals surface area (Å²) in [6.45, 7) is 2.40. The lowest BCUT2D eigenvalue weighted by molar-refractivity contribution is -0.274. The summed E-state index contributed by atoms with van der Waals surface area (Å²) in [6.07, 6.45) is 1.35. The van der Waals surface area contributed by atoms with Crippen LogP contribution in [0, 0.1) is 5.92 Å². The van der Waals surface area contributed by atoms with Crippen LogP contribution >= 0.6 is 11.8 Å². The summed E-state index contributed by atoms with van der Waals surface area (Å²) in [5.41, 5.74) is 0.667. The van der Waals surface area contributed by atoms with Crippen molar-refractivity contribution in [2.24, 2.45) is 5.92 Å². The molecule has 224 valence electrons. The van der Waals surface area contributed by atoms with Crippen molar-refractivity contribution < 1.29 is 37.4 Å². The zero-order valence-electron chi connectivity index (χ0n) is 22.4. The highest BCUT2D eigenvalue weighted by atomic mass is 32.2. The van der Waals surface area contributed by atoms with E-state index in [1.165, 1.54) is 30.5 Å². The van der Waals surface area contributed by atoms with Crippen LogP contribution in [0.3, 0.4) is 0 Å². The van der Waals surface area contributed by atoms with Gasteiger partial charge in [-0.05, 0) is 73.0 Å². The number of thioether (sulfide) groups is 1. The number of nitrogens with zero attached hydrogens (tertiary/aromatic N) is 4. The molecule has 0 atom stereocenters. The van der Waals surface area contributed by atoms with Crippen LogP contribution in [0.25, 0.3) is 17.3 Å². The van der Waals surface area contributed by atoms with Gasteiger partial charge in [-0.1, -0.05) is 12.1 Å². The van der Waals surface area contributed by atoms with Crippen molar-refractivity contribution in [3.8, 4) is 17.0 Å². The number of para-hydroxylation sites is 1. The lowest BCUT2D eigenvalue weighted by atomic mass is 9.97. The van der Waals surface area contributed by atoms with E-state index in [4.69, 9.17) is 0 Å². The van der Waals surface area contributed by atoms with Crippen LogP contribution in [0.1, 0.15) is 34.5 Å². The predicted octanol–water partition coefficient (Wildman–Crippen LogP) is 4.47. The maximum atomic E-state index is 12.9. The van der Waals surface area contributed by atoms with Crippen LogP contribution in [0.15, 0.2) is 53.7 Å². The van der Waals surface area contributed by atoms with Gasteiger partial charge in [0.15, 0.2) is 0 Å². The number of amides is 2. The van der Waals surface area contributed by atoms with Crippen molar-refractivity contribution in [3.63, 3.8) is 0 Å². The summed E-state index contributed by atoms with van der Waals surface area (Å²) >= 11 is 0.825. The first-order valence-electron chi connectivity index (χ1n) is 13.2. The molecule has 15 heteroatoms. The summed E-state index contributed by atoms with van der Waals surface area (Å²) in [4.78, 5) is 50.6. The number of halogens is 3. The molecule has 4 heterocycles. The number of anilines is 1. The number of imide groups is 1. The van der Waals surface area contributed by atoms with Crippen molar-refractivity contribution in [1.82, 2.24) is 25.6 Å². The Morgan fingerprint density at radius 3 is 2.65 bits per heavy atom. The topological polar surface area (TPSA) is 147 Å². The molecule has 2 fully saturated rings. The van der Waals surface area contributed by atoms with E-state index < -0.39 is 29.2 Å². The lowest BCUT2D eigenvalue weighted by Crippen LogP contribution is -2.38. The average molecular weight is 615 g/mol. The Kier molecular flexibility index (Phi) is 8.92. The molecule has 3 N–H and O–H groups in total. The highest BCUT2D eigenvalue weighted by Crippen LogP contribution is 2.34. The van der Waals surface area contributed by atoms with Crippen LogP contribution in [0.5, 0.6) is 5.75 Å². The molecular weight excluding hydrogens is 589 g/mol. The highest BCUT2D eigenvalue weighted by molar-refractivity contribution is 8.18. The van der Waals surface area contributed by atoms with Crippen LogP contribution in [0.4, 0.5) is 23.9 Å². The summed E-state index contributed by atoms with van der Waals surface area (Å²) in [6, 6.07) is 8.33. The van der Waals surface area contributed by atoms with Crippen molar-refractivity contribution in [3.05, 3.63) is 70.5 Å². The molecule has 1 aromatic carbocycles. The number of carboxylic acid groups (broad SMARTS) is 1. The standard InChI is InChI=1S/C28H25F3N6O5S/c29-28(30,31)42-21-4-2-1-3-19(21)23-20(25(39)40)11-17(15-34-23)14-32-13-16-6-9-37(10-7-16)26-33-8-5-18(35-26)12-22-24(38)36-27(41)43-22/h1-5,8,11-12,15-16,32H,6-7,9-10,13-14H2,(H,39,40)(H,36,38,41)/b22-12+. The number of pyridine rings is 1. The van der Waals surface area contributed by atoms with Crippen LogP contribution < -0.4 is 20.3 Å². The molecule has 3 aromatic rings. The summed E-state index contributed by atoms with van der Waals surface area (Å²) in [5.74, 6) is -1.43. The SMILES string of the molecule is O=C1NC(=O)/C(=C\c2ccnc(N3CCC(CNCc4cnc(-c5ccccc5OC(F)(F)F)c(C(=O)O)c4)CC3)n2)S1. The number of benzene rings is 1. The zero-order chi connectivity index (χ0) is 30.6. The maximum Gasteiger partial charge on any atom is 0.573 e. The van der Waals surface area contributed by atoms with Gasteiger partial charge in [-0.25, -0.2) is 14.8 Å². The molecule has 0 saturated carbocycles.